The lowest BCUT2D eigenvalue weighted by molar-refractivity contribution is 0.415. The van der Waals surface area contributed by atoms with Crippen LogP contribution in [0.1, 0.15) is 7.43 Å². The van der Waals surface area contributed by atoms with Crippen LogP contribution in [0.3, 0.4) is 0 Å². The van der Waals surface area contributed by atoms with Gasteiger partial charge in [-0.15, -0.1) is 0 Å². The summed E-state index contributed by atoms with van der Waals surface area (Å²) in [7, 11) is 1.68. The fraction of sp³-hybridized carbons (Fsp3) is 0.167. The van der Waals surface area contributed by atoms with E-state index in [1.165, 1.54) is 10.8 Å². The predicted octanol–water partition coefficient (Wildman–Crippen LogP) is 3.48. The molecule has 0 amide bonds. The van der Waals surface area contributed by atoms with E-state index in [9.17, 15) is 0 Å². The van der Waals surface area contributed by atoms with Crippen LogP contribution in [-0.2, 0) is 0 Å². The van der Waals surface area contributed by atoms with Crippen molar-refractivity contribution in [3.05, 3.63) is 42.5 Å². The number of methoxy groups -OCH3 is 1. The fourth-order valence-electron chi connectivity index (χ4n) is 1.29. The van der Waals surface area contributed by atoms with E-state index in [4.69, 9.17) is 4.74 Å². The predicted molar refractivity (Wildman–Crippen MR) is 57.2 cm³/mol. The van der Waals surface area contributed by atoms with Gasteiger partial charge in [0, 0.05) is 0 Å². The maximum atomic E-state index is 5.12. The van der Waals surface area contributed by atoms with E-state index < -0.39 is 0 Å². The van der Waals surface area contributed by atoms with Crippen molar-refractivity contribution < 1.29 is 4.74 Å². The Morgan fingerprint density at radius 1 is 0.923 bits per heavy atom. The monoisotopic (exact) mass is 174 g/mol. The summed E-state index contributed by atoms with van der Waals surface area (Å²) in [6, 6.07) is 14.3. The zero-order chi connectivity index (χ0) is 8.39. The second-order valence-corrected chi connectivity index (χ2v) is 2.71. The minimum atomic E-state index is 0. The molecule has 2 aromatic rings. The summed E-state index contributed by atoms with van der Waals surface area (Å²) < 4.78 is 5.12. The molecule has 1 heteroatoms. The zero-order valence-corrected chi connectivity index (χ0v) is 6.95. The van der Waals surface area contributed by atoms with Crippen LogP contribution in [0, 0.1) is 0 Å². The van der Waals surface area contributed by atoms with E-state index in [1.54, 1.807) is 7.11 Å². The molecular formula is C12H14O. The van der Waals surface area contributed by atoms with Crippen molar-refractivity contribution in [2.45, 2.75) is 7.43 Å². The molecule has 0 aromatic heterocycles. The number of hydrogen-bond acceptors (Lipinski definition) is 1. The molecule has 0 atom stereocenters. The molecule has 0 fully saturated rings. The van der Waals surface area contributed by atoms with Gasteiger partial charge in [-0.05, 0) is 22.9 Å². The highest BCUT2D eigenvalue weighted by molar-refractivity contribution is 5.83. The molecule has 2 rings (SSSR count). The Morgan fingerprint density at radius 3 is 2.31 bits per heavy atom. The first kappa shape index (κ1) is 9.59. The minimum Gasteiger partial charge on any atom is -0.497 e. The number of fused-ring (bicyclic) bond motifs is 1. The van der Waals surface area contributed by atoms with Gasteiger partial charge in [0.05, 0.1) is 7.11 Å². The van der Waals surface area contributed by atoms with Crippen LogP contribution in [0.5, 0.6) is 5.75 Å². The van der Waals surface area contributed by atoms with Gasteiger partial charge in [-0.3, -0.25) is 0 Å². The maximum Gasteiger partial charge on any atom is 0.119 e. The Bertz CT molecular complexity index is 393. The lowest BCUT2D eigenvalue weighted by Gasteiger charge is -2.00. The highest BCUT2D eigenvalue weighted by Gasteiger charge is 1.93. The maximum absolute atomic E-state index is 5.12. The van der Waals surface area contributed by atoms with E-state index in [0.29, 0.717) is 0 Å². The first-order valence-corrected chi connectivity index (χ1v) is 3.93. The van der Waals surface area contributed by atoms with Gasteiger partial charge in [0.25, 0.3) is 0 Å². The second kappa shape index (κ2) is 3.94. The highest BCUT2D eigenvalue weighted by atomic mass is 16.5. The van der Waals surface area contributed by atoms with Gasteiger partial charge >= 0.3 is 0 Å². The second-order valence-electron chi connectivity index (χ2n) is 2.71. The van der Waals surface area contributed by atoms with Gasteiger partial charge < -0.3 is 4.74 Å². The third-order valence-corrected chi connectivity index (χ3v) is 1.96. The number of hydrogen-bond donors (Lipinski definition) is 0. The molecule has 0 N–H and O–H groups in total. The van der Waals surface area contributed by atoms with Crippen molar-refractivity contribution in [2.24, 2.45) is 0 Å². The van der Waals surface area contributed by atoms with Crippen LogP contribution < -0.4 is 4.74 Å². The Balaban J connectivity index is 0.000000845. The molecule has 1 nitrogen and oxygen atoms in total. The quantitative estimate of drug-likeness (QED) is 0.643. The molecule has 0 aliphatic heterocycles. The molecule has 0 saturated carbocycles. The highest BCUT2D eigenvalue weighted by Crippen LogP contribution is 2.19. The summed E-state index contributed by atoms with van der Waals surface area (Å²) in [5.74, 6) is 0.911. The van der Waals surface area contributed by atoms with Crippen LogP contribution in [-0.4, -0.2) is 7.11 Å². The van der Waals surface area contributed by atoms with Crippen molar-refractivity contribution in [2.75, 3.05) is 7.11 Å². The van der Waals surface area contributed by atoms with Gasteiger partial charge in [-0.1, -0.05) is 37.8 Å². The first-order chi connectivity index (χ1) is 5.90. The Labute approximate surface area is 79.0 Å². The SMILES string of the molecule is C.COc1ccc2ccccc2c1. The molecule has 0 unspecified atom stereocenters. The molecular weight excluding hydrogens is 160 g/mol. The largest absolute Gasteiger partial charge is 0.497 e. The third kappa shape index (κ3) is 1.81. The Kier molecular flexibility index (Phi) is 2.91. The summed E-state index contributed by atoms with van der Waals surface area (Å²) in [5, 5.41) is 2.47. The van der Waals surface area contributed by atoms with Gasteiger partial charge in [-0.2, -0.15) is 0 Å². The lowest BCUT2D eigenvalue weighted by Crippen LogP contribution is -1.81. The van der Waals surface area contributed by atoms with Crippen LogP contribution in [0.15, 0.2) is 42.5 Å². The molecule has 0 aliphatic rings. The summed E-state index contributed by atoms with van der Waals surface area (Å²) in [6.45, 7) is 0. The van der Waals surface area contributed by atoms with Crippen LogP contribution >= 0.6 is 0 Å². The smallest absolute Gasteiger partial charge is 0.119 e. The van der Waals surface area contributed by atoms with E-state index >= 15 is 0 Å². The van der Waals surface area contributed by atoms with E-state index in [-0.39, 0.29) is 7.43 Å². The lowest BCUT2D eigenvalue weighted by atomic mass is 10.1. The van der Waals surface area contributed by atoms with E-state index in [2.05, 4.69) is 18.2 Å². The Hall–Kier alpha value is -1.50. The summed E-state index contributed by atoms with van der Waals surface area (Å²) in [4.78, 5) is 0. The van der Waals surface area contributed by atoms with Crippen LogP contribution in [0.2, 0.25) is 0 Å². The summed E-state index contributed by atoms with van der Waals surface area (Å²) in [6.07, 6.45) is 0. The molecule has 0 aliphatic carbocycles. The van der Waals surface area contributed by atoms with Gasteiger partial charge in [0.1, 0.15) is 5.75 Å². The Morgan fingerprint density at radius 2 is 1.62 bits per heavy atom. The van der Waals surface area contributed by atoms with Crippen molar-refractivity contribution in [1.82, 2.24) is 0 Å². The fourth-order valence-corrected chi connectivity index (χ4v) is 1.29. The first-order valence-electron chi connectivity index (χ1n) is 3.93. The number of benzene rings is 2. The number of ether oxygens (including phenoxy) is 1. The number of rotatable bonds is 1. The van der Waals surface area contributed by atoms with Crippen molar-refractivity contribution in [3.8, 4) is 5.75 Å². The summed E-state index contributed by atoms with van der Waals surface area (Å²) >= 11 is 0. The molecule has 13 heavy (non-hydrogen) atoms. The topological polar surface area (TPSA) is 9.23 Å². The van der Waals surface area contributed by atoms with Gasteiger partial charge in [-0.25, -0.2) is 0 Å². The average molecular weight is 174 g/mol. The van der Waals surface area contributed by atoms with Crippen LogP contribution in [0.25, 0.3) is 10.8 Å². The van der Waals surface area contributed by atoms with E-state index in [1.807, 2.05) is 24.3 Å². The zero-order valence-electron chi connectivity index (χ0n) is 6.95. The average Bonchev–Trinajstić information content (AvgIpc) is 2.17. The van der Waals surface area contributed by atoms with Gasteiger partial charge in [0.15, 0.2) is 0 Å². The normalized spacial score (nSPS) is 9.31. The molecule has 0 heterocycles. The minimum absolute atomic E-state index is 0. The van der Waals surface area contributed by atoms with Crippen molar-refractivity contribution in [3.63, 3.8) is 0 Å². The molecule has 68 valence electrons. The molecule has 0 radical (unpaired) electrons. The standard InChI is InChI=1S/C11H10O.CH4/c1-12-11-7-6-9-4-2-3-5-10(9)8-11;/h2-8H,1H3;1H4. The molecule has 0 bridgehead atoms. The molecule has 0 spiro atoms. The molecule has 0 saturated heterocycles. The van der Waals surface area contributed by atoms with Crippen molar-refractivity contribution >= 4 is 10.8 Å². The van der Waals surface area contributed by atoms with Crippen LogP contribution in [0.4, 0.5) is 0 Å². The third-order valence-electron chi connectivity index (χ3n) is 1.96. The van der Waals surface area contributed by atoms with E-state index in [0.717, 1.165) is 5.75 Å². The summed E-state index contributed by atoms with van der Waals surface area (Å²) in [5.41, 5.74) is 0. The molecule has 2 aromatic carbocycles. The van der Waals surface area contributed by atoms with Gasteiger partial charge in [0.2, 0.25) is 0 Å². The van der Waals surface area contributed by atoms with Crippen molar-refractivity contribution in [1.29, 1.82) is 0 Å².